The number of esters is 1. The van der Waals surface area contributed by atoms with E-state index in [0.29, 0.717) is 33.6 Å². The molecule has 1 heterocycles. The summed E-state index contributed by atoms with van der Waals surface area (Å²) < 4.78 is 8.79. The summed E-state index contributed by atoms with van der Waals surface area (Å²) in [5, 5.41) is 0. The second-order valence-electron chi connectivity index (χ2n) is 22.7. The number of fused-ring (bicyclic) bond motifs is 7. The molecule has 5 aliphatic carbocycles. The fraction of sp³-hybridized carbons (Fsp3) is 0.852. The van der Waals surface area contributed by atoms with Gasteiger partial charge in [-0.25, -0.2) is 9.36 Å². The van der Waals surface area contributed by atoms with Crippen molar-refractivity contribution in [3.05, 3.63) is 41.7 Å². The molecule has 0 aliphatic heterocycles. The molecule has 4 saturated carbocycles. The SMILES string of the molecule is CCCCCCCCCCCCCCCCCC[n+]1cccc(C(=O)O[C@H]2CC[C@]3(C)[C@H]4CC=C5[C@@H]6[C@@H](C)[C@H](C)CC[C@]6(C)CC[C@@]5(C)[C@]4(C)CC[C@H]3C2(C)C)c1. The first-order chi connectivity index (χ1) is 27.2. The van der Waals surface area contributed by atoms with E-state index >= 15 is 0 Å². The van der Waals surface area contributed by atoms with Crippen LogP contribution < -0.4 is 4.57 Å². The summed E-state index contributed by atoms with van der Waals surface area (Å²) in [6.07, 6.45) is 40.7. The fourth-order valence-corrected chi connectivity index (χ4v) is 14.9. The normalized spacial score (nSPS) is 37.0. The number of rotatable bonds is 19. The number of carbonyl (C=O) groups is 1. The third kappa shape index (κ3) is 9.19. The first-order valence-electron chi connectivity index (χ1n) is 25.1. The summed E-state index contributed by atoms with van der Waals surface area (Å²) in [4.78, 5) is 13.8. The van der Waals surface area contributed by atoms with E-state index in [2.05, 4.69) is 85.4 Å². The largest absolute Gasteiger partial charge is 0.458 e. The van der Waals surface area contributed by atoms with E-state index in [-0.39, 0.29) is 22.9 Å². The summed E-state index contributed by atoms with van der Waals surface area (Å²) in [5.41, 5.74) is 3.89. The summed E-state index contributed by atoms with van der Waals surface area (Å²) in [6, 6.07) is 4.01. The van der Waals surface area contributed by atoms with Gasteiger partial charge in [-0.1, -0.05) is 164 Å². The lowest BCUT2D eigenvalue weighted by Crippen LogP contribution is -2.65. The van der Waals surface area contributed by atoms with Gasteiger partial charge in [0.2, 0.25) is 0 Å². The molecule has 10 atom stereocenters. The van der Waals surface area contributed by atoms with Gasteiger partial charge in [0, 0.05) is 17.9 Å². The number of aromatic nitrogens is 1. The van der Waals surface area contributed by atoms with E-state index in [9.17, 15) is 4.79 Å². The maximum absolute atomic E-state index is 13.8. The van der Waals surface area contributed by atoms with Crippen molar-refractivity contribution in [2.75, 3.05) is 0 Å². The number of allylic oxidation sites excluding steroid dienone is 2. The predicted octanol–water partition coefficient (Wildman–Crippen LogP) is 15.4. The van der Waals surface area contributed by atoms with Gasteiger partial charge in [0.05, 0.1) is 0 Å². The Morgan fingerprint density at radius 3 is 1.96 bits per heavy atom. The number of aryl methyl sites for hydroxylation is 1. The Balaban J connectivity index is 0.966. The minimum Gasteiger partial charge on any atom is -0.458 e. The summed E-state index contributed by atoms with van der Waals surface area (Å²) >= 11 is 0. The molecule has 3 heteroatoms. The van der Waals surface area contributed by atoms with Gasteiger partial charge in [-0.2, -0.15) is 0 Å². The molecule has 4 fully saturated rings. The molecule has 6 rings (SSSR count). The lowest BCUT2D eigenvalue weighted by atomic mass is 9.33. The molecule has 5 aliphatic rings. The molecule has 1 aromatic heterocycles. The Bertz CT molecular complexity index is 1490. The van der Waals surface area contributed by atoms with Crippen LogP contribution >= 0.6 is 0 Å². The second kappa shape index (κ2) is 19.0. The van der Waals surface area contributed by atoms with Crippen LogP contribution in [-0.2, 0) is 11.3 Å². The molecule has 0 bridgehead atoms. The molecular formula is C54H90NO2+. The lowest BCUT2D eigenvalue weighted by molar-refractivity contribution is -0.697. The Morgan fingerprint density at radius 2 is 1.33 bits per heavy atom. The van der Waals surface area contributed by atoms with E-state index in [1.165, 1.54) is 154 Å². The second-order valence-corrected chi connectivity index (χ2v) is 22.7. The lowest BCUT2D eigenvalue weighted by Gasteiger charge is -2.71. The van der Waals surface area contributed by atoms with Gasteiger partial charge in [-0.3, -0.25) is 0 Å². The van der Waals surface area contributed by atoms with Crippen molar-refractivity contribution >= 4 is 5.97 Å². The van der Waals surface area contributed by atoms with Crippen molar-refractivity contribution in [1.29, 1.82) is 0 Å². The summed E-state index contributed by atoms with van der Waals surface area (Å²) in [5.74, 6) is 3.48. The van der Waals surface area contributed by atoms with E-state index in [4.69, 9.17) is 4.74 Å². The highest BCUT2D eigenvalue weighted by Crippen LogP contribution is 2.75. The molecule has 57 heavy (non-hydrogen) atoms. The topological polar surface area (TPSA) is 30.2 Å². The fourth-order valence-electron chi connectivity index (χ4n) is 14.9. The van der Waals surface area contributed by atoms with Crippen LogP contribution in [0.1, 0.15) is 233 Å². The van der Waals surface area contributed by atoms with Crippen LogP contribution in [0.4, 0.5) is 0 Å². The zero-order valence-corrected chi connectivity index (χ0v) is 39.0. The Kier molecular flexibility index (Phi) is 14.9. The van der Waals surface area contributed by atoms with Gasteiger partial charge in [0.25, 0.3) is 0 Å². The van der Waals surface area contributed by atoms with Crippen LogP contribution in [0.15, 0.2) is 36.2 Å². The Morgan fingerprint density at radius 1 is 0.719 bits per heavy atom. The van der Waals surface area contributed by atoms with Crippen molar-refractivity contribution in [3.8, 4) is 0 Å². The summed E-state index contributed by atoms with van der Waals surface area (Å²) in [6.45, 7) is 24.0. The molecule has 0 radical (unpaired) electrons. The maximum atomic E-state index is 13.8. The standard InChI is InChI=1S/C54H90NO2/c1-10-11-12-13-14-15-16-17-18-19-20-21-22-23-24-25-38-55-39-26-27-43(40-55)49(56)57-47-32-34-52(7)45(50(47,4)5)31-35-54(9)46(52)29-28-44-48-42(3)41(2)30-33-51(48,6)36-37-53(44,54)8/h26-28,39-42,45-48H,10-25,29-38H2,1-9H3/q+1/t41-,42+,45+,46-,47+,48+,51-,52+,53-,54-/m1/s1. The highest BCUT2D eigenvalue weighted by Gasteiger charge is 2.68. The van der Waals surface area contributed by atoms with Crippen molar-refractivity contribution in [2.24, 2.45) is 56.7 Å². The van der Waals surface area contributed by atoms with Gasteiger partial charge in [-0.15, -0.1) is 0 Å². The molecule has 0 N–H and O–H groups in total. The van der Waals surface area contributed by atoms with Crippen LogP contribution in [0.5, 0.6) is 0 Å². The highest BCUT2D eigenvalue weighted by molar-refractivity contribution is 5.88. The Hall–Kier alpha value is -1.64. The number of unbranched alkanes of at least 4 members (excludes halogenated alkanes) is 15. The predicted molar refractivity (Wildman–Crippen MR) is 240 cm³/mol. The van der Waals surface area contributed by atoms with Crippen molar-refractivity contribution < 1.29 is 14.1 Å². The molecule has 0 amide bonds. The van der Waals surface area contributed by atoms with E-state index < -0.39 is 0 Å². The molecule has 0 aromatic carbocycles. The van der Waals surface area contributed by atoms with Crippen molar-refractivity contribution in [1.82, 2.24) is 0 Å². The van der Waals surface area contributed by atoms with Gasteiger partial charge in [0.15, 0.2) is 12.4 Å². The third-order valence-electron chi connectivity index (χ3n) is 18.9. The average molecular weight is 785 g/mol. The van der Waals surface area contributed by atoms with Crippen molar-refractivity contribution in [3.63, 3.8) is 0 Å². The van der Waals surface area contributed by atoms with Gasteiger partial charge >= 0.3 is 5.97 Å². The van der Waals surface area contributed by atoms with E-state index in [1.807, 2.05) is 17.7 Å². The molecule has 1 aromatic rings. The number of hydrogen-bond donors (Lipinski definition) is 0. The van der Waals surface area contributed by atoms with Crippen LogP contribution in [0.3, 0.4) is 0 Å². The number of carbonyl (C=O) groups excluding carboxylic acids is 1. The number of nitrogens with zero attached hydrogens (tertiary/aromatic N) is 1. The van der Waals surface area contributed by atoms with Crippen LogP contribution in [0.2, 0.25) is 0 Å². The monoisotopic (exact) mass is 785 g/mol. The molecule has 322 valence electrons. The zero-order valence-electron chi connectivity index (χ0n) is 39.0. The van der Waals surface area contributed by atoms with E-state index in [0.717, 1.165) is 30.7 Å². The quantitative estimate of drug-likeness (QED) is 0.0605. The average Bonchev–Trinajstić information content (AvgIpc) is 3.18. The molecule has 0 spiro atoms. The maximum Gasteiger partial charge on any atom is 0.344 e. The van der Waals surface area contributed by atoms with Gasteiger partial charge < -0.3 is 4.74 Å². The minimum atomic E-state index is -0.127. The van der Waals surface area contributed by atoms with Gasteiger partial charge in [0.1, 0.15) is 18.2 Å². The molecule has 3 nitrogen and oxygen atoms in total. The number of ether oxygens (including phenoxy) is 1. The molecular weight excluding hydrogens is 695 g/mol. The van der Waals surface area contributed by atoms with E-state index in [1.54, 1.807) is 0 Å². The highest BCUT2D eigenvalue weighted by atomic mass is 16.5. The summed E-state index contributed by atoms with van der Waals surface area (Å²) in [7, 11) is 0. The van der Waals surface area contributed by atoms with Gasteiger partial charge in [-0.05, 0) is 122 Å². The van der Waals surface area contributed by atoms with Crippen LogP contribution in [-0.4, -0.2) is 12.1 Å². The zero-order chi connectivity index (χ0) is 40.9. The minimum absolute atomic E-state index is 0.0355. The van der Waals surface area contributed by atoms with Crippen molar-refractivity contribution in [2.45, 2.75) is 235 Å². The first kappa shape index (κ1) is 44.9. The molecule has 0 saturated heterocycles. The molecule has 0 unspecified atom stereocenters. The first-order valence-corrected chi connectivity index (χ1v) is 25.1. The smallest absolute Gasteiger partial charge is 0.344 e. The third-order valence-corrected chi connectivity index (χ3v) is 18.9. The number of pyridine rings is 1. The van der Waals surface area contributed by atoms with Crippen LogP contribution in [0.25, 0.3) is 0 Å². The van der Waals surface area contributed by atoms with Crippen LogP contribution in [0, 0.1) is 56.7 Å². The Labute approximate surface area is 352 Å². The number of hydrogen-bond acceptors (Lipinski definition) is 2.